The number of halogens is 1. The molecular formula is C6H12FS. The van der Waals surface area contributed by atoms with Crippen LogP contribution in [0.4, 0.5) is 4.39 Å². The summed E-state index contributed by atoms with van der Waals surface area (Å²) in [5, 5.41) is 0. The second kappa shape index (κ2) is 5.42. The summed E-state index contributed by atoms with van der Waals surface area (Å²) < 4.78 is 11.8. The summed E-state index contributed by atoms with van der Waals surface area (Å²) in [7, 11) is 0. The highest BCUT2D eigenvalue weighted by Gasteiger charge is 1.96. The summed E-state index contributed by atoms with van der Waals surface area (Å²) in [4.78, 5) is 0. The van der Waals surface area contributed by atoms with Crippen LogP contribution >= 0.6 is 12.6 Å². The van der Waals surface area contributed by atoms with Crippen molar-refractivity contribution in [2.75, 3.05) is 0 Å². The molecule has 1 atom stereocenters. The van der Waals surface area contributed by atoms with E-state index in [1.54, 1.807) is 0 Å². The van der Waals surface area contributed by atoms with Crippen LogP contribution < -0.4 is 0 Å². The van der Waals surface area contributed by atoms with Gasteiger partial charge in [-0.15, -0.1) is 0 Å². The van der Waals surface area contributed by atoms with Crippen molar-refractivity contribution < 1.29 is 4.39 Å². The molecule has 49 valence electrons. The summed E-state index contributed by atoms with van der Waals surface area (Å²) in [5.74, 6) is 0. The van der Waals surface area contributed by atoms with Gasteiger partial charge in [-0.3, -0.25) is 0 Å². The molecule has 0 heterocycles. The van der Waals surface area contributed by atoms with Crippen molar-refractivity contribution in [3.8, 4) is 0 Å². The monoisotopic (exact) mass is 135 g/mol. The first-order chi connectivity index (χ1) is 3.77. The van der Waals surface area contributed by atoms with E-state index in [-0.39, 0.29) is 0 Å². The first-order valence-electron chi connectivity index (χ1n) is 3.07. The zero-order valence-electron chi connectivity index (χ0n) is 5.19. The van der Waals surface area contributed by atoms with E-state index in [0.717, 1.165) is 19.3 Å². The first kappa shape index (κ1) is 8.28. The van der Waals surface area contributed by atoms with Gasteiger partial charge in [0.25, 0.3) is 0 Å². The van der Waals surface area contributed by atoms with Gasteiger partial charge in [-0.1, -0.05) is 32.4 Å². The summed E-state index contributed by atoms with van der Waals surface area (Å²) in [6, 6.07) is 0. The fourth-order valence-electron chi connectivity index (χ4n) is 0.555. The molecule has 1 radical (unpaired) electrons. The Morgan fingerprint density at radius 2 is 2.12 bits per heavy atom. The molecule has 8 heavy (non-hydrogen) atoms. The normalized spacial score (nSPS) is 13.9. The minimum atomic E-state index is -1.01. The molecule has 0 aromatic heterocycles. The maximum absolute atomic E-state index is 11.8. The first-order valence-corrected chi connectivity index (χ1v) is 3.54. The SMILES string of the molecule is CCCCCC(F)[S]. The average Bonchev–Trinajstić information content (AvgIpc) is 1.66. The van der Waals surface area contributed by atoms with E-state index in [1.165, 1.54) is 0 Å². The standard InChI is InChI=1S/C6H12FS/c1-2-3-4-5-6(7)8/h6H,2-5H2,1H3. The van der Waals surface area contributed by atoms with E-state index in [9.17, 15) is 4.39 Å². The van der Waals surface area contributed by atoms with Crippen LogP contribution in [0.5, 0.6) is 0 Å². The molecule has 0 bridgehead atoms. The Bertz CT molecular complexity index is 45.8. The summed E-state index contributed by atoms with van der Waals surface area (Å²) in [6.07, 6.45) is 3.75. The van der Waals surface area contributed by atoms with Crippen molar-refractivity contribution >= 4 is 12.6 Å². The maximum Gasteiger partial charge on any atom is 0.155 e. The predicted molar refractivity (Wildman–Crippen MR) is 36.6 cm³/mol. The molecule has 0 rings (SSSR count). The lowest BCUT2D eigenvalue weighted by atomic mass is 10.2. The number of rotatable bonds is 4. The van der Waals surface area contributed by atoms with Crippen LogP contribution in [0.25, 0.3) is 0 Å². The van der Waals surface area contributed by atoms with Crippen LogP contribution in [-0.2, 0) is 0 Å². The smallest absolute Gasteiger partial charge is 0.155 e. The molecule has 0 fully saturated rings. The van der Waals surface area contributed by atoms with Gasteiger partial charge in [-0.25, -0.2) is 4.39 Å². The lowest BCUT2D eigenvalue weighted by molar-refractivity contribution is 0.418. The van der Waals surface area contributed by atoms with Crippen molar-refractivity contribution in [1.82, 2.24) is 0 Å². The molecule has 1 unspecified atom stereocenters. The van der Waals surface area contributed by atoms with Gasteiger partial charge in [0.2, 0.25) is 0 Å². The quantitative estimate of drug-likeness (QED) is 0.520. The average molecular weight is 135 g/mol. The van der Waals surface area contributed by atoms with Crippen LogP contribution in [0.2, 0.25) is 0 Å². The number of hydrogen-bond acceptors (Lipinski definition) is 0. The van der Waals surface area contributed by atoms with E-state index in [1.807, 2.05) is 0 Å². The summed E-state index contributed by atoms with van der Waals surface area (Å²) in [6.45, 7) is 2.09. The van der Waals surface area contributed by atoms with Crippen LogP contribution in [0, 0.1) is 0 Å². The van der Waals surface area contributed by atoms with E-state index < -0.39 is 5.50 Å². The van der Waals surface area contributed by atoms with Gasteiger partial charge in [-0.05, 0) is 12.8 Å². The van der Waals surface area contributed by atoms with E-state index in [2.05, 4.69) is 19.6 Å². The maximum atomic E-state index is 11.8. The largest absolute Gasteiger partial charge is 0.235 e. The summed E-state index contributed by atoms with van der Waals surface area (Å²) >= 11 is 4.33. The number of alkyl halides is 1. The molecule has 0 saturated heterocycles. The Kier molecular flexibility index (Phi) is 5.61. The molecule has 2 heteroatoms. The Balaban J connectivity index is 2.72. The minimum Gasteiger partial charge on any atom is -0.235 e. The number of unbranched alkanes of at least 4 members (excludes halogenated alkanes) is 2. The van der Waals surface area contributed by atoms with Gasteiger partial charge in [0.15, 0.2) is 5.50 Å². The Morgan fingerprint density at radius 1 is 1.50 bits per heavy atom. The topological polar surface area (TPSA) is 0 Å². The van der Waals surface area contributed by atoms with Gasteiger partial charge in [0.05, 0.1) is 0 Å². The number of hydrogen-bond donors (Lipinski definition) is 0. The third-order valence-corrected chi connectivity index (χ3v) is 1.27. The molecule has 0 aromatic carbocycles. The molecule has 0 spiro atoms. The van der Waals surface area contributed by atoms with Gasteiger partial charge in [-0.2, -0.15) is 0 Å². The third-order valence-electron chi connectivity index (χ3n) is 1.03. The highest BCUT2D eigenvalue weighted by molar-refractivity contribution is 7.80. The fraction of sp³-hybridized carbons (Fsp3) is 1.00. The predicted octanol–water partition coefficient (Wildman–Crippen LogP) is 3.06. The third kappa shape index (κ3) is 6.28. The Labute approximate surface area is 55.9 Å². The molecule has 0 nitrogen and oxygen atoms in total. The molecule has 0 aliphatic carbocycles. The molecule has 0 aliphatic rings. The highest BCUT2D eigenvalue weighted by Crippen LogP contribution is 2.08. The molecule has 0 N–H and O–H groups in total. The van der Waals surface area contributed by atoms with E-state index in [0.29, 0.717) is 6.42 Å². The van der Waals surface area contributed by atoms with Crippen molar-refractivity contribution in [2.24, 2.45) is 0 Å². The minimum absolute atomic E-state index is 0.559. The van der Waals surface area contributed by atoms with Gasteiger partial charge in [0.1, 0.15) is 0 Å². The van der Waals surface area contributed by atoms with Crippen LogP contribution in [0.15, 0.2) is 0 Å². The molecular weight excluding hydrogens is 123 g/mol. The van der Waals surface area contributed by atoms with Gasteiger partial charge < -0.3 is 0 Å². The second-order valence-electron chi connectivity index (χ2n) is 1.91. The zero-order chi connectivity index (χ0) is 6.41. The zero-order valence-corrected chi connectivity index (χ0v) is 6.01. The molecule has 0 aromatic rings. The lowest BCUT2D eigenvalue weighted by Crippen LogP contribution is -1.86. The van der Waals surface area contributed by atoms with E-state index in [4.69, 9.17) is 0 Å². The van der Waals surface area contributed by atoms with Crippen molar-refractivity contribution in [1.29, 1.82) is 0 Å². The Hall–Kier alpha value is 0.280. The highest BCUT2D eigenvalue weighted by atomic mass is 32.1. The van der Waals surface area contributed by atoms with E-state index >= 15 is 0 Å². The molecule has 0 saturated carbocycles. The lowest BCUT2D eigenvalue weighted by Gasteiger charge is -1.95. The van der Waals surface area contributed by atoms with Crippen molar-refractivity contribution in [3.05, 3.63) is 0 Å². The Morgan fingerprint density at radius 3 is 2.50 bits per heavy atom. The van der Waals surface area contributed by atoms with Crippen molar-refractivity contribution in [3.63, 3.8) is 0 Å². The summed E-state index contributed by atoms with van der Waals surface area (Å²) in [5.41, 5.74) is -1.01. The molecule has 0 amide bonds. The van der Waals surface area contributed by atoms with Crippen LogP contribution in [-0.4, -0.2) is 5.50 Å². The van der Waals surface area contributed by atoms with Crippen molar-refractivity contribution in [2.45, 2.75) is 38.1 Å². The van der Waals surface area contributed by atoms with Gasteiger partial charge >= 0.3 is 0 Å². The van der Waals surface area contributed by atoms with Gasteiger partial charge in [0, 0.05) is 0 Å². The fourth-order valence-corrected chi connectivity index (χ4v) is 0.721. The van der Waals surface area contributed by atoms with Crippen LogP contribution in [0.3, 0.4) is 0 Å². The second-order valence-corrected chi connectivity index (χ2v) is 2.42. The molecule has 0 aliphatic heterocycles. The van der Waals surface area contributed by atoms with Crippen LogP contribution in [0.1, 0.15) is 32.6 Å².